The summed E-state index contributed by atoms with van der Waals surface area (Å²) in [4.78, 5) is 27.4. The van der Waals surface area contributed by atoms with Gasteiger partial charge in [-0.25, -0.2) is 0 Å². The Labute approximate surface area is 169 Å². The number of amides is 1. The second-order valence-electron chi connectivity index (χ2n) is 8.32. The van der Waals surface area contributed by atoms with Crippen molar-refractivity contribution in [1.29, 1.82) is 0 Å². The van der Waals surface area contributed by atoms with Crippen molar-refractivity contribution >= 4 is 17.4 Å². The van der Waals surface area contributed by atoms with Crippen molar-refractivity contribution in [3.8, 4) is 0 Å². The van der Waals surface area contributed by atoms with E-state index in [0.29, 0.717) is 31.0 Å². The lowest BCUT2D eigenvalue weighted by Gasteiger charge is -2.34. The van der Waals surface area contributed by atoms with Crippen LogP contribution in [-0.2, 0) is 16.8 Å². The van der Waals surface area contributed by atoms with E-state index in [1.807, 2.05) is 4.90 Å². The van der Waals surface area contributed by atoms with Crippen LogP contribution in [0.25, 0.3) is 0 Å². The summed E-state index contributed by atoms with van der Waals surface area (Å²) in [5.41, 5.74) is 2.37. The first-order chi connectivity index (χ1) is 13.8. The Morgan fingerprint density at radius 2 is 1.97 bits per heavy atom. The van der Waals surface area contributed by atoms with Crippen LogP contribution in [0.15, 0.2) is 6.07 Å². The lowest BCUT2D eigenvalue weighted by Crippen LogP contribution is -2.49. The van der Waals surface area contributed by atoms with Crippen molar-refractivity contribution in [3.63, 3.8) is 0 Å². The van der Waals surface area contributed by atoms with Gasteiger partial charge in [0.05, 0.1) is 11.5 Å². The van der Waals surface area contributed by atoms with Gasteiger partial charge in [-0.15, -0.1) is 0 Å². The lowest BCUT2D eigenvalue weighted by atomic mass is 10.1. The number of aryl methyl sites for hydroxylation is 2. The maximum Gasteiger partial charge on any atom is 0.312 e. The van der Waals surface area contributed by atoms with Gasteiger partial charge in [0, 0.05) is 49.8 Å². The molecule has 1 aliphatic carbocycles. The standard InChI is InChI=1S/C19H27N7O3/c1-13-18(26(28)29)14(2)25(22-13)7-4-17(27)24-10-8-23(9-11-24)16-12-15(20-21-16)19(3)5-6-19/h12H,4-11H2,1-3H3,(H,20,21). The second-order valence-corrected chi connectivity index (χ2v) is 8.32. The molecule has 0 unspecified atom stereocenters. The fourth-order valence-corrected chi connectivity index (χ4v) is 3.95. The van der Waals surface area contributed by atoms with Gasteiger partial charge >= 0.3 is 5.69 Å². The lowest BCUT2D eigenvalue weighted by molar-refractivity contribution is -0.386. The van der Waals surface area contributed by atoms with Gasteiger partial charge in [0.15, 0.2) is 5.82 Å². The monoisotopic (exact) mass is 401 g/mol. The van der Waals surface area contributed by atoms with Gasteiger partial charge in [0.2, 0.25) is 5.91 Å². The van der Waals surface area contributed by atoms with Crippen molar-refractivity contribution < 1.29 is 9.72 Å². The van der Waals surface area contributed by atoms with Crippen LogP contribution in [0.4, 0.5) is 11.5 Å². The highest BCUT2D eigenvalue weighted by molar-refractivity contribution is 5.76. The molecule has 1 aliphatic heterocycles. The molecule has 1 saturated heterocycles. The van der Waals surface area contributed by atoms with Gasteiger partial charge in [-0.1, -0.05) is 6.92 Å². The van der Waals surface area contributed by atoms with Crippen molar-refractivity contribution in [2.75, 3.05) is 31.1 Å². The van der Waals surface area contributed by atoms with E-state index in [0.717, 1.165) is 18.9 Å². The Kier molecular flexibility index (Phi) is 4.79. The van der Waals surface area contributed by atoms with E-state index in [9.17, 15) is 14.9 Å². The third kappa shape index (κ3) is 3.70. The Balaban J connectivity index is 1.30. The number of nitrogens with zero attached hydrogens (tertiary/aromatic N) is 6. The quantitative estimate of drug-likeness (QED) is 0.584. The average molecular weight is 401 g/mol. The number of piperazine rings is 1. The van der Waals surface area contributed by atoms with Gasteiger partial charge < -0.3 is 9.80 Å². The molecule has 0 radical (unpaired) electrons. The molecule has 1 amide bonds. The first kappa shape index (κ1) is 19.4. The number of rotatable bonds is 6. The largest absolute Gasteiger partial charge is 0.352 e. The van der Waals surface area contributed by atoms with Crippen molar-refractivity contribution in [1.82, 2.24) is 24.9 Å². The Hall–Kier alpha value is -2.91. The molecule has 4 rings (SSSR count). The normalized spacial score (nSPS) is 18.2. The minimum Gasteiger partial charge on any atom is -0.352 e. The molecule has 29 heavy (non-hydrogen) atoms. The van der Waals surface area contributed by atoms with Gasteiger partial charge in [-0.2, -0.15) is 10.2 Å². The summed E-state index contributed by atoms with van der Waals surface area (Å²) in [5, 5.41) is 23.0. The van der Waals surface area contributed by atoms with Gasteiger partial charge in [0.1, 0.15) is 11.4 Å². The van der Waals surface area contributed by atoms with Gasteiger partial charge in [0.25, 0.3) is 0 Å². The highest BCUT2D eigenvalue weighted by Gasteiger charge is 2.41. The van der Waals surface area contributed by atoms with E-state index >= 15 is 0 Å². The molecule has 0 aromatic carbocycles. The Morgan fingerprint density at radius 3 is 2.55 bits per heavy atom. The van der Waals surface area contributed by atoms with E-state index in [4.69, 9.17) is 0 Å². The number of aromatic amines is 1. The predicted molar refractivity (Wildman–Crippen MR) is 107 cm³/mol. The minimum atomic E-state index is -0.417. The van der Waals surface area contributed by atoms with Crippen LogP contribution in [-0.4, -0.2) is 61.9 Å². The predicted octanol–water partition coefficient (Wildman–Crippen LogP) is 1.92. The van der Waals surface area contributed by atoms with Crippen LogP contribution >= 0.6 is 0 Å². The highest BCUT2D eigenvalue weighted by atomic mass is 16.6. The van der Waals surface area contributed by atoms with Crippen LogP contribution in [0.3, 0.4) is 0 Å². The van der Waals surface area contributed by atoms with E-state index in [-0.39, 0.29) is 23.4 Å². The van der Waals surface area contributed by atoms with Crippen molar-refractivity contribution in [3.05, 3.63) is 33.3 Å². The zero-order valence-corrected chi connectivity index (χ0v) is 17.1. The molecular weight excluding hydrogens is 374 g/mol. The van der Waals surface area contributed by atoms with Crippen LogP contribution in [0.1, 0.15) is 43.3 Å². The number of carbonyl (C=O) groups excluding carboxylic acids is 1. The number of anilines is 1. The number of hydrogen-bond acceptors (Lipinski definition) is 6. The zero-order chi connectivity index (χ0) is 20.8. The topological polar surface area (TPSA) is 113 Å². The summed E-state index contributed by atoms with van der Waals surface area (Å²) in [5.74, 6) is 1.00. The first-order valence-corrected chi connectivity index (χ1v) is 10.1. The summed E-state index contributed by atoms with van der Waals surface area (Å²) < 4.78 is 1.56. The number of carbonyl (C=O) groups is 1. The van der Waals surface area contributed by atoms with E-state index in [2.05, 4.69) is 33.2 Å². The molecule has 0 bridgehead atoms. The molecular formula is C19H27N7O3. The minimum absolute atomic E-state index is 0.0319. The molecule has 2 aromatic rings. The number of nitro groups is 1. The molecule has 3 heterocycles. The first-order valence-electron chi connectivity index (χ1n) is 10.1. The molecule has 2 aromatic heterocycles. The van der Waals surface area contributed by atoms with Crippen LogP contribution in [0, 0.1) is 24.0 Å². The molecule has 156 valence electrons. The molecule has 1 saturated carbocycles. The molecule has 10 nitrogen and oxygen atoms in total. The highest BCUT2D eigenvalue weighted by Crippen LogP contribution is 2.47. The second kappa shape index (κ2) is 7.16. The average Bonchev–Trinajstić information content (AvgIpc) is 3.13. The Morgan fingerprint density at radius 1 is 1.28 bits per heavy atom. The van der Waals surface area contributed by atoms with E-state index in [1.165, 1.54) is 18.5 Å². The number of aromatic nitrogens is 4. The third-order valence-electron chi connectivity index (χ3n) is 6.23. The van der Waals surface area contributed by atoms with E-state index in [1.54, 1.807) is 18.5 Å². The summed E-state index contributed by atoms with van der Waals surface area (Å²) in [6, 6.07) is 2.14. The molecule has 10 heteroatoms. The summed E-state index contributed by atoms with van der Waals surface area (Å²) in [6.07, 6.45) is 2.69. The molecule has 2 fully saturated rings. The van der Waals surface area contributed by atoms with Crippen molar-refractivity contribution in [2.45, 2.75) is 52.0 Å². The van der Waals surface area contributed by atoms with Gasteiger partial charge in [-0.05, 0) is 26.7 Å². The van der Waals surface area contributed by atoms with Crippen LogP contribution < -0.4 is 4.90 Å². The molecule has 2 aliphatic rings. The van der Waals surface area contributed by atoms with E-state index < -0.39 is 4.92 Å². The number of nitrogens with one attached hydrogen (secondary N) is 1. The maximum absolute atomic E-state index is 12.6. The summed E-state index contributed by atoms with van der Waals surface area (Å²) >= 11 is 0. The third-order valence-corrected chi connectivity index (χ3v) is 6.23. The number of H-pyrrole nitrogens is 1. The SMILES string of the molecule is Cc1nn(CCC(=O)N2CCN(c3cc(C4(C)CC4)[nH]n3)CC2)c(C)c1[N+](=O)[O-]. The van der Waals surface area contributed by atoms with Crippen LogP contribution in [0.5, 0.6) is 0 Å². The van der Waals surface area contributed by atoms with Crippen LogP contribution in [0.2, 0.25) is 0 Å². The number of hydrogen-bond donors (Lipinski definition) is 1. The molecule has 1 N–H and O–H groups in total. The molecule has 0 atom stereocenters. The fraction of sp³-hybridized carbons (Fsp3) is 0.632. The zero-order valence-electron chi connectivity index (χ0n) is 17.1. The summed E-state index contributed by atoms with van der Waals surface area (Å²) in [7, 11) is 0. The maximum atomic E-state index is 12.6. The Bertz CT molecular complexity index is 936. The van der Waals surface area contributed by atoms with Gasteiger partial charge in [-0.3, -0.25) is 24.7 Å². The smallest absolute Gasteiger partial charge is 0.312 e. The summed E-state index contributed by atoms with van der Waals surface area (Å²) in [6.45, 7) is 8.68. The fourth-order valence-electron chi connectivity index (χ4n) is 3.95. The molecule has 0 spiro atoms. The van der Waals surface area contributed by atoms with Crippen molar-refractivity contribution in [2.24, 2.45) is 0 Å².